The molecule has 122 valence electrons. The summed E-state index contributed by atoms with van der Waals surface area (Å²) < 4.78 is 33.8. The van der Waals surface area contributed by atoms with Gasteiger partial charge in [-0.1, -0.05) is 0 Å². The van der Waals surface area contributed by atoms with Gasteiger partial charge in [0.1, 0.15) is 12.9 Å². The fourth-order valence-corrected chi connectivity index (χ4v) is 2.25. The first kappa shape index (κ1) is 15.4. The Morgan fingerprint density at radius 3 is 2.70 bits per heavy atom. The summed E-state index contributed by atoms with van der Waals surface area (Å²) in [5, 5.41) is 4.18. The second-order valence-electron chi connectivity index (χ2n) is 6.20. The zero-order valence-electron chi connectivity index (χ0n) is 13.0. The third kappa shape index (κ3) is 2.64. The third-order valence-electron chi connectivity index (χ3n) is 3.50. The first-order valence-electron chi connectivity index (χ1n) is 7.14. The number of amides is 1. The quantitative estimate of drug-likeness (QED) is 0.808. The number of benzene rings is 1. The summed E-state index contributed by atoms with van der Waals surface area (Å²) in [6.45, 7) is 6.06. The molecule has 2 aromatic rings. The highest BCUT2D eigenvalue weighted by atomic mass is 19.2. The van der Waals surface area contributed by atoms with Gasteiger partial charge in [-0.25, -0.2) is 14.1 Å². The van der Waals surface area contributed by atoms with Crippen molar-refractivity contribution in [3.63, 3.8) is 0 Å². The van der Waals surface area contributed by atoms with Crippen LogP contribution in [-0.4, -0.2) is 33.8 Å². The van der Waals surface area contributed by atoms with Crippen LogP contribution in [0, 0.1) is 11.6 Å². The van der Waals surface area contributed by atoms with Gasteiger partial charge in [0, 0.05) is 0 Å². The minimum atomic E-state index is -1.10. The van der Waals surface area contributed by atoms with Crippen molar-refractivity contribution < 1.29 is 18.3 Å². The van der Waals surface area contributed by atoms with Gasteiger partial charge in [-0.15, -0.1) is 5.10 Å². The second-order valence-corrected chi connectivity index (χ2v) is 6.20. The number of hydrogen-bond acceptors (Lipinski definition) is 4. The van der Waals surface area contributed by atoms with E-state index in [-0.39, 0.29) is 36.0 Å². The van der Waals surface area contributed by atoms with E-state index in [0.29, 0.717) is 0 Å². The lowest BCUT2D eigenvalue weighted by Crippen LogP contribution is -2.39. The first-order valence-corrected chi connectivity index (χ1v) is 7.14. The molecular weight excluding hydrogens is 306 g/mol. The SMILES string of the molecule is CC(C)(C)n1cnc(C(=O)N2CCOc3c2ccc(F)c3F)n1. The average molecular weight is 322 g/mol. The Morgan fingerprint density at radius 2 is 2.04 bits per heavy atom. The number of rotatable bonds is 1. The molecule has 1 aliphatic rings. The number of hydrogen-bond donors (Lipinski definition) is 0. The van der Waals surface area contributed by atoms with E-state index in [2.05, 4.69) is 10.1 Å². The van der Waals surface area contributed by atoms with Gasteiger partial charge in [-0.05, 0) is 32.9 Å². The van der Waals surface area contributed by atoms with Crippen LogP contribution in [0.25, 0.3) is 0 Å². The number of carbonyl (C=O) groups is 1. The number of fused-ring (bicyclic) bond motifs is 1. The van der Waals surface area contributed by atoms with Gasteiger partial charge in [0.05, 0.1) is 17.8 Å². The molecule has 3 rings (SSSR count). The Balaban J connectivity index is 1.96. The zero-order chi connectivity index (χ0) is 16.8. The molecule has 0 fully saturated rings. The van der Waals surface area contributed by atoms with E-state index in [1.165, 1.54) is 17.3 Å². The first-order chi connectivity index (χ1) is 10.8. The van der Waals surface area contributed by atoms with E-state index >= 15 is 0 Å². The summed E-state index contributed by atoms with van der Waals surface area (Å²) >= 11 is 0. The molecule has 0 saturated carbocycles. The van der Waals surface area contributed by atoms with Crippen LogP contribution in [0.2, 0.25) is 0 Å². The maximum absolute atomic E-state index is 13.8. The topological polar surface area (TPSA) is 60.2 Å². The van der Waals surface area contributed by atoms with Crippen LogP contribution >= 0.6 is 0 Å². The van der Waals surface area contributed by atoms with Crippen LogP contribution in [0.5, 0.6) is 5.75 Å². The number of aromatic nitrogens is 3. The molecule has 0 unspecified atom stereocenters. The molecule has 0 atom stereocenters. The monoisotopic (exact) mass is 322 g/mol. The fraction of sp³-hybridized carbons (Fsp3) is 0.400. The van der Waals surface area contributed by atoms with Gasteiger partial charge in [-0.2, -0.15) is 4.39 Å². The highest BCUT2D eigenvalue weighted by Crippen LogP contribution is 2.35. The Morgan fingerprint density at radius 1 is 1.30 bits per heavy atom. The Labute approximate surface area is 131 Å². The van der Waals surface area contributed by atoms with Crippen LogP contribution < -0.4 is 9.64 Å². The summed E-state index contributed by atoms with van der Waals surface area (Å²) in [6, 6.07) is 2.27. The number of ether oxygens (including phenoxy) is 1. The van der Waals surface area contributed by atoms with Gasteiger partial charge < -0.3 is 4.74 Å². The molecule has 0 saturated heterocycles. The summed E-state index contributed by atoms with van der Waals surface area (Å²) in [5.74, 6) is -2.87. The van der Waals surface area contributed by atoms with Crippen molar-refractivity contribution in [1.82, 2.24) is 14.8 Å². The van der Waals surface area contributed by atoms with E-state index < -0.39 is 17.5 Å². The lowest BCUT2D eigenvalue weighted by atomic mass is 10.1. The van der Waals surface area contributed by atoms with Crippen molar-refractivity contribution in [2.75, 3.05) is 18.1 Å². The third-order valence-corrected chi connectivity index (χ3v) is 3.50. The summed E-state index contributed by atoms with van der Waals surface area (Å²) in [7, 11) is 0. The van der Waals surface area contributed by atoms with E-state index in [1.54, 1.807) is 4.68 Å². The van der Waals surface area contributed by atoms with Gasteiger partial charge >= 0.3 is 0 Å². The Bertz CT molecular complexity index is 767. The summed E-state index contributed by atoms with van der Waals surface area (Å²) in [5.41, 5.74) is -0.142. The maximum atomic E-state index is 13.8. The highest BCUT2D eigenvalue weighted by molar-refractivity contribution is 6.04. The lowest BCUT2D eigenvalue weighted by molar-refractivity contribution is 0.0964. The van der Waals surface area contributed by atoms with Crippen molar-refractivity contribution in [1.29, 1.82) is 0 Å². The standard InChI is InChI=1S/C15H16F2N4O2/c1-15(2,3)21-8-18-13(19-21)14(22)20-6-7-23-12-10(20)5-4-9(16)11(12)17/h4-5,8H,6-7H2,1-3H3. The van der Waals surface area contributed by atoms with Gasteiger partial charge in [-0.3, -0.25) is 9.69 Å². The van der Waals surface area contributed by atoms with E-state index in [4.69, 9.17) is 4.74 Å². The molecule has 1 aromatic carbocycles. The lowest BCUT2D eigenvalue weighted by Gasteiger charge is -2.28. The molecule has 2 heterocycles. The number of anilines is 1. The molecular formula is C15H16F2N4O2. The smallest absolute Gasteiger partial charge is 0.298 e. The average Bonchev–Trinajstić information content (AvgIpc) is 3.00. The van der Waals surface area contributed by atoms with Gasteiger partial charge in [0.15, 0.2) is 11.6 Å². The van der Waals surface area contributed by atoms with Gasteiger partial charge in [0.25, 0.3) is 5.91 Å². The van der Waals surface area contributed by atoms with Crippen LogP contribution in [0.1, 0.15) is 31.4 Å². The number of carbonyl (C=O) groups excluding carboxylic acids is 1. The highest BCUT2D eigenvalue weighted by Gasteiger charge is 2.30. The van der Waals surface area contributed by atoms with Crippen LogP contribution in [0.4, 0.5) is 14.5 Å². The molecule has 0 aliphatic carbocycles. The minimum Gasteiger partial charge on any atom is -0.486 e. The molecule has 0 bridgehead atoms. The molecule has 1 amide bonds. The van der Waals surface area contributed by atoms with E-state index in [9.17, 15) is 13.6 Å². The normalized spacial score (nSPS) is 14.4. The predicted molar refractivity (Wildman–Crippen MR) is 78.5 cm³/mol. The van der Waals surface area contributed by atoms with Crippen molar-refractivity contribution in [2.24, 2.45) is 0 Å². The molecule has 0 spiro atoms. The maximum Gasteiger partial charge on any atom is 0.298 e. The number of nitrogens with zero attached hydrogens (tertiary/aromatic N) is 4. The predicted octanol–water partition coefficient (Wildman–Crippen LogP) is 2.35. The summed E-state index contributed by atoms with van der Waals surface area (Å²) in [4.78, 5) is 17.9. The summed E-state index contributed by atoms with van der Waals surface area (Å²) in [6.07, 6.45) is 1.47. The van der Waals surface area contributed by atoms with Crippen LogP contribution in [0.3, 0.4) is 0 Å². The second kappa shape index (κ2) is 5.29. The largest absolute Gasteiger partial charge is 0.486 e. The minimum absolute atomic E-state index is 0.00231. The number of halogens is 2. The molecule has 6 nitrogen and oxygen atoms in total. The van der Waals surface area contributed by atoms with Crippen LogP contribution in [0.15, 0.2) is 18.5 Å². The molecule has 1 aliphatic heterocycles. The van der Waals surface area contributed by atoms with Crippen molar-refractivity contribution in [3.8, 4) is 5.75 Å². The van der Waals surface area contributed by atoms with E-state index in [0.717, 1.165) is 6.07 Å². The molecule has 23 heavy (non-hydrogen) atoms. The van der Waals surface area contributed by atoms with Crippen molar-refractivity contribution >= 4 is 11.6 Å². The Hall–Kier alpha value is -2.51. The molecule has 1 aromatic heterocycles. The zero-order valence-corrected chi connectivity index (χ0v) is 13.0. The molecule has 0 N–H and O–H groups in total. The van der Waals surface area contributed by atoms with Crippen LogP contribution in [-0.2, 0) is 5.54 Å². The molecule has 8 heteroatoms. The van der Waals surface area contributed by atoms with E-state index in [1.807, 2.05) is 20.8 Å². The van der Waals surface area contributed by atoms with Crippen molar-refractivity contribution in [3.05, 3.63) is 35.9 Å². The van der Waals surface area contributed by atoms with Crippen molar-refractivity contribution in [2.45, 2.75) is 26.3 Å². The molecule has 0 radical (unpaired) electrons. The van der Waals surface area contributed by atoms with Gasteiger partial charge in [0.2, 0.25) is 11.6 Å². The fourth-order valence-electron chi connectivity index (χ4n) is 2.25. The Kier molecular flexibility index (Phi) is 3.54.